The van der Waals surface area contributed by atoms with Crippen molar-refractivity contribution in [1.82, 2.24) is 15.1 Å². The van der Waals surface area contributed by atoms with E-state index < -0.39 is 0 Å². The summed E-state index contributed by atoms with van der Waals surface area (Å²) in [7, 11) is 1.60. The highest BCUT2D eigenvalue weighted by atomic mass is 16.5. The quantitative estimate of drug-likeness (QED) is 0.839. The summed E-state index contributed by atoms with van der Waals surface area (Å²) in [6.45, 7) is 9.85. The smallest absolute Gasteiger partial charge is 0.160 e. The molecule has 0 aliphatic carbocycles. The van der Waals surface area contributed by atoms with Gasteiger partial charge in [-0.25, -0.2) is 0 Å². The molecule has 0 bridgehead atoms. The maximum Gasteiger partial charge on any atom is 0.160 e. The molecule has 0 saturated carbocycles. The largest absolute Gasteiger partial charge is 0.504 e. The predicted molar refractivity (Wildman–Crippen MR) is 93.7 cm³/mol. The van der Waals surface area contributed by atoms with Gasteiger partial charge in [0.1, 0.15) is 0 Å². The molecule has 2 fully saturated rings. The number of phenols is 1. The van der Waals surface area contributed by atoms with Crippen LogP contribution in [0.4, 0.5) is 0 Å². The fourth-order valence-electron chi connectivity index (χ4n) is 3.61. The maximum atomic E-state index is 9.92. The molecule has 0 aromatic heterocycles. The topological polar surface area (TPSA) is 57.2 Å². The lowest BCUT2D eigenvalue weighted by Crippen LogP contribution is -2.52. The molecular weight excluding hydrogens is 306 g/mol. The van der Waals surface area contributed by atoms with Crippen LogP contribution in [0.3, 0.4) is 0 Å². The summed E-state index contributed by atoms with van der Waals surface area (Å²) in [6.07, 6.45) is 0. The van der Waals surface area contributed by atoms with Gasteiger partial charge in [0.05, 0.1) is 20.3 Å². The van der Waals surface area contributed by atoms with Gasteiger partial charge in [0.15, 0.2) is 11.5 Å². The van der Waals surface area contributed by atoms with Crippen molar-refractivity contribution in [2.24, 2.45) is 0 Å². The van der Waals surface area contributed by atoms with Crippen LogP contribution in [-0.2, 0) is 4.74 Å². The fourth-order valence-corrected chi connectivity index (χ4v) is 3.61. The molecule has 0 amide bonds. The highest BCUT2D eigenvalue weighted by Gasteiger charge is 2.28. The van der Waals surface area contributed by atoms with Crippen LogP contribution in [-0.4, -0.2) is 80.5 Å². The average molecular weight is 335 g/mol. The molecule has 2 aliphatic rings. The summed E-state index contributed by atoms with van der Waals surface area (Å²) in [5.74, 6) is 0.739. The number of aromatic hydroxyl groups is 1. The molecule has 6 nitrogen and oxygen atoms in total. The summed E-state index contributed by atoms with van der Waals surface area (Å²) in [4.78, 5) is 5.02. The van der Waals surface area contributed by atoms with E-state index in [-0.39, 0.29) is 5.75 Å². The molecule has 24 heavy (non-hydrogen) atoms. The number of phenolic OH excluding ortho intramolecular Hbond substituents is 1. The van der Waals surface area contributed by atoms with Crippen LogP contribution in [0.25, 0.3) is 0 Å². The van der Waals surface area contributed by atoms with Gasteiger partial charge in [0, 0.05) is 51.4 Å². The van der Waals surface area contributed by atoms with E-state index in [0.717, 1.165) is 52.5 Å². The molecule has 6 heteroatoms. The maximum absolute atomic E-state index is 9.92. The Balaban J connectivity index is 1.82. The van der Waals surface area contributed by atoms with E-state index in [9.17, 15) is 5.11 Å². The number of hydrogen-bond acceptors (Lipinski definition) is 6. The lowest BCUT2D eigenvalue weighted by Gasteiger charge is -2.41. The van der Waals surface area contributed by atoms with E-state index in [0.29, 0.717) is 17.8 Å². The van der Waals surface area contributed by atoms with Gasteiger partial charge in [-0.2, -0.15) is 0 Å². The van der Waals surface area contributed by atoms with Crippen molar-refractivity contribution in [3.8, 4) is 11.5 Å². The van der Waals surface area contributed by atoms with Crippen LogP contribution in [0.5, 0.6) is 11.5 Å². The van der Waals surface area contributed by atoms with Gasteiger partial charge in [-0.15, -0.1) is 0 Å². The van der Waals surface area contributed by atoms with Crippen LogP contribution in [0.2, 0.25) is 0 Å². The minimum absolute atomic E-state index is 0.194. The summed E-state index contributed by atoms with van der Waals surface area (Å²) in [5, 5.41) is 13.4. The molecule has 1 aromatic rings. The number of hydrogen-bond donors (Lipinski definition) is 2. The van der Waals surface area contributed by atoms with Crippen molar-refractivity contribution < 1.29 is 14.6 Å². The molecule has 0 radical (unpaired) electrons. The SMILES string of the molecule is COc1cc(C(CN2CCOCC2)N2CCNC(C)C2)ccc1O. The third kappa shape index (κ3) is 4.19. The van der Waals surface area contributed by atoms with Gasteiger partial charge in [0.2, 0.25) is 0 Å². The molecule has 2 unspecified atom stereocenters. The van der Waals surface area contributed by atoms with Gasteiger partial charge in [-0.3, -0.25) is 9.80 Å². The third-order valence-corrected chi connectivity index (χ3v) is 4.96. The Bertz CT molecular complexity index is 534. The lowest BCUT2D eigenvalue weighted by molar-refractivity contribution is 0.0187. The first kappa shape index (κ1) is 17.5. The van der Waals surface area contributed by atoms with Crippen molar-refractivity contribution in [2.45, 2.75) is 19.0 Å². The van der Waals surface area contributed by atoms with Crippen LogP contribution in [0, 0.1) is 0 Å². The minimum Gasteiger partial charge on any atom is -0.504 e. The molecule has 1 aromatic carbocycles. The van der Waals surface area contributed by atoms with E-state index in [2.05, 4.69) is 22.0 Å². The molecule has 134 valence electrons. The second-order valence-electron chi connectivity index (χ2n) is 6.71. The Morgan fingerprint density at radius 3 is 2.83 bits per heavy atom. The van der Waals surface area contributed by atoms with Crippen molar-refractivity contribution in [1.29, 1.82) is 0 Å². The van der Waals surface area contributed by atoms with E-state index in [4.69, 9.17) is 9.47 Å². The second kappa shape index (κ2) is 8.16. The van der Waals surface area contributed by atoms with E-state index >= 15 is 0 Å². The van der Waals surface area contributed by atoms with Crippen molar-refractivity contribution >= 4 is 0 Å². The van der Waals surface area contributed by atoms with Gasteiger partial charge < -0.3 is 19.9 Å². The summed E-state index contributed by atoms with van der Waals surface area (Å²) in [6, 6.07) is 6.53. The highest BCUT2D eigenvalue weighted by Crippen LogP contribution is 2.32. The average Bonchev–Trinajstić information content (AvgIpc) is 2.61. The first-order chi connectivity index (χ1) is 11.7. The number of nitrogens with zero attached hydrogens (tertiary/aromatic N) is 2. The Labute approximate surface area is 144 Å². The Morgan fingerprint density at radius 2 is 2.12 bits per heavy atom. The van der Waals surface area contributed by atoms with Crippen molar-refractivity contribution in [3.63, 3.8) is 0 Å². The number of nitrogens with one attached hydrogen (secondary N) is 1. The zero-order valence-corrected chi connectivity index (χ0v) is 14.7. The zero-order chi connectivity index (χ0) is 16.9. The van der Waals surface area contributed by atoms with Gasteiger partial charge >= 0.3 is 0 Å². The number of rotatable bonds is 5. The van der Waals surface area contributed by atoms with Crippen LogP contribution >= 0.6 is 0 Å². The minimum atomic E-state index is 0.194. The molecule has 3 rings (SSSR count). The number of benzene rings is 1. The monoisotopic (exact) mass is 335 g/mol. The van der Waals surface area contributed by atoms with Crippen LogP contribution in [0.15, 0.2) is 18.2 Å². The van der Waals surface area contributed by atoms with E-state index in [1.54, 1.807) is 13.2 Å². The van der Waals surface area contributed by atoms with Crippen molar-refractivity contribution in [2.75, 3.05) is 59.6 Å². The Morgan fingerprint density at radius 1 is 1.33 bits per heavy atom. The highest BCUT2D eigenvalue weighted by molar-refractivity contribution is 5.42. The number of ether oxygens (including phenoxy) is 2. The summed E-state index contributed by atoms with van der Waals surface area (Å²) in [5.41, 5.74) is 1.20. The summed E-state index contributed by atoms with van der Waals surface area (Å²) >= 11 is 0. The van der Waals surface area contributed by atoms with Gasteiger partial charge in [0.25, 0.3) is 0 Å². The second-order valence-corrected chi connectivity index (χ2v) is 6.71. The van der Waals surface area contributed by atoms with Crippen LogP contribution < -0.4 is 10.1 Å². The number of morpholine rings is 1. The first-order valence-corrected chi connectivity index (χ1v) is 8.82. The summed E-state index contributed by atoms with van der Waals surface area (Å²) < 4.78 is 10.8. The van der Waals surface area contributed by atoms with Crippen molar-refractivity contribution in [3.05, 3.63) is 23.8 Å². The molecule has 2 atom stereocenters. The Kier molecular flexibility index (Phi) is 5.94. The first-order valence-electron chi connectivity index (χ1n) is 8.82. The number of piperazine rings is 1. The standard InChI is InChI=1S/C18H29N3O3/c1-14-12-21(6-5-19-14)16(13-20-7-9-24-10-8-20)15-3-4-17(22)18(11-15)23-2/h3-4,11,14,16,19,22H,5-10,12-13H2,1-2H3. The molecule has 2 aliphatic heterocycles. The normalized spacial score (nSPS) is 24.7. The number of methoxy groups -OCH3 is 1. The molecular formula is C18H29N3O3. The molecule has 0 spiro atoms. The third-order valence-electron chi connectivity index (χ3n) is 4.96. The molecule has 2 heterocycles. The van der Waals surface area contributed by atoms with Crippen LogP contribution in [0.1, 0.15) is 18.5 Å². The zero-order valence-electron chi connectivity index (χ0n) is 14.7. The predicted octanol–water partition coefficient (Wildman–Crippen LogP) is 1.07. The molecule has 2 saturated heterocycles. The lowest BCUT2D eigenvalue weighted by atomic mass is 10.0. The Hall–Kier alpha value is -1.34. The van der Waals surface area contributed by atoms with Gasteiger partial charge in [-0.1, -0.05) is 6.07 Å². The van der Waals surface area contributed by atoms with E-state index in [1.165, 1.54) is 5.56 Å². The molecule has 2 N–H and O–H groups in total. The van der Waals surface area contributed by atoms with E-state index in [1.807, 2.05) is 12.1 Å². The van der Waals surface area contributed by atoms with Gasteiger partial charge in [-0.05, 0) is 24.6 Å². The fraction of sp³-hybridized carbons (Fsp3) is 0.667.